The summed E-state index contributed by atoms with van der Waals surface area (Å²) in [6, 6.07) is 4.75. The number of hydrogen-bond donors (Lipinski definition) is 1. The highest BCUT2D eigenvalue weighted by molar-refractivity contribution is 7.09. The van der Waals surface area contributed by atoms with Crippen molar-refractivity contribution in [3.63, 3.8) is 0 Å². The summed E-state index contributed by atoms with van der Waals surface area (Å²) >= 11 is 1.78. The van der Waals surface area contributed by atoms with Crippen LogP contribution in [0.25, 0.3) is 0 Å². The third-order valence-corrected chi connectivity index (χ3v) is 4.16. The lowest BCUT2D eigenvalue weighted by atomic mass is 10.1. The van der Waals surface area contributed by atoms with E-state index in [1.54, 1.807) is 11.3 Å². The molecule has 1 rings (SSSR count). The van der Waals surface area contributed by atoms with Crippen LogP contribution in [0.15, 0.2) is 30.2 Å². The third-order valence-electron chi connectivity index (χ3n) is 3.30. The fourth-order valence-corrected chi connectivity index (χ4v) is 2.66. The Kier molecular flexibility index (Phi) is 7.25. The van der Waals surface area contributed by atoms with Crippen LogP contribution in [0.3, 0.4) is 0 Å². The number of nitrogens with zero attached hydrogens (tertiary/aromatic N) is 1. The maximum Gasteiger partial charge on any atom is 0.0670 e. The predicted molar refractivity (Wildman–Crippen MR) is 79.9 cm³/mol. The van der Waals surface area contributed by atoms with Gasteiger partial charge < -0.3 is 5.11 Å². The minimum absolute atomic E-state index is 0.253. The zero-order chi connectivity index (χ0) is 13.4. The largest absolute Gasteiger partial charge is 0.392 e. The van der Waals surface area contributed by atoms with E-state index in [9.17, 15) is 5.11 Å². The summed E-state index contributed by atoms with van der Waals surface area (Å²) in [7, 11) is 0. The Morgan fingerprint density at radius 3 is 2.89 bits per heavy atom. The maximum atomic E-state index is 10.0. The molecule has 0 amide bonds. The molecule has 0 aliphatic carbocycles. The van der Waals surface area contributed by atoms with E-state index in [1.165, 1.54) is 4.88 Å². The third kappa shape index (κ3) is 5.34. The summed E-state index contributed by atoms with van der Waals surface area (Å²) in [6.45, 7) is 9.82. The Balaban J connectivity index is 2.52. The van der Waals surface area contributed by atoms with E-state index in [0.29, 0.717) is 6.04 Å². The number of aliphatic hydroxyl groups excluding tert-OH is 1. The van der Waals surface area contributed by atoms with E-state index >= 15 is 0 Å². The van der Waals surface area contributed by atoms with Gasteiger partial charge in [-0.05, 0) is 37.6 Å². The van der Waals surface area contributed by atoms with Gasteiger partial charge in [-0.1, -0.05) is 19.1 Å². The lowest BCUT2D eigenvalue weighted by molar-refractivity contribution is 0.0806. The lowest BCUT2D eigenvalue weighted by Crippen LogP contribution is -2.38. The van der Waals surface area contributed by atoms with Crippen LogP contribution in [0.2, 0.25) is 0 Å². The predicted octanol–water partition coefficient (Wildman–Crippen LogP) is 3.68. The zero-order valence-corrected chi connectivity index (χ0v) is 12.3. The average molecular weight is 267 g/mol. The number of hydrogen-bond acceptors (Lipinski definition) is 3. The van der Waals surface area contributed by atoms with Gasteiger partial charge in [0.2, 0.25) is 0 Å². The second kappa shape index (κ2) is 8.46. The number of aliphatic hydroxyl groups is 1. The first kappa shape index (κ1) is 15.4. The Hall–Kier alpha value is -0.640. The van der Waals surface area contributed by atoms with Crippen molar-refractivity contribution in [1.29, 1.82) is 0 Å². The van der Waals surface area contributed by atoms with E-state index in [1.807, 2.05) is 6.08 Å². The van der Waals surface area contributed by atoms with Crippen molar-refractivity contribution in [2.24, 2.45) is 0 Å². The molecule has 0 saturated carbocycles. The molecule has 102 valence electrons. The maximum absolute atomic E-state index is 10.0. The summed E-state index contributed by atoms with van der Waals surface area (Å²) in [4.78, 5) is 3.74. The van der Waals surface area contributed by atoms with Gasteiger partial charge in [-0.15, -0.1) is 17.9 Å². The number of rotatable bonds is 9. The molecule has 18 heavy (non-hydrogen) atoms. The summed E-state index contributed by atoms with van der Waals surface area (Å²) in [5.74, 6) is 0. The molecule has 0 fully saturated rings. The van der Waals surface area contributed by atoms with Gasteiger partial charge in [-0.3, -0.25) is 4.90 Å². The smallest absolute Gasteiger partial charge is 0.0670 e. The van der Waals surface area contributed by atoms with Crippen LogP contribution < -0.4 is 0 Å². The van der Waals surface area contributed by atoms with Crippen molar-refractivity contribution >= 4 is 11.3 Å². The molecule has 0 saturated heterocycles. The van der Waals surface area contributed by atoms with Crippen molar-refractivity contribution in [3.8, 4) is 0 Å². The highest BCUT2D eigenvalue weighted by atomic mass is 32.1. The number of thiophene rings is 1. The first-order chi connectivity index (χ1) is 8.67. The lowest BCUT2D eigenvalue weighted by Gasteiger charge is -2.30. The molecule has 2 nitrogen and oxygen atoms in total. The summed E-state index contributed by atoms with van der Waals surface area (Å²) in [5, 5.41) is 12.1. The summed E-state index contributed by atoms with van der Waals surface area (Å²) < 4.78 is 0. The molecule has 1 heterocycles. The first-order valence-electron chi connectivity index (χ1n) is 6.72. The van der Waals surface area contributed by atoms with Gasteiger partial charge in [0.25, 0.3) is 0 Å². The quantitative estimate of drug-likeness (QED) is 0.690. The molecule has 3 heteroatoms. The van der Waals surface area contributed by atoms with Gasteiger partial charge in [0.15, 0.2) is 0 Å². The molecule has 1 N–H and O–H groups in total. The van der Waals surface area contributed by atoms with E-state index in [2.05, 4.69) is 42.8 Å². The molecule has 2 unspecified atom stereocenters. The highest BCUT2D eigenvalue weighted by Crippen LogP contribution is 2.16. The monoisotopic (exact) mass is 267 g/mol. The van der Waals surface area contributed by atoms with Crippen LogP contribution in [-0.2, 0) is 6.54 Å². The van der Waals surface area contributed by atoms with Crippen molar-refractivity contribution < 1.29 is 5.11 Å². The Morgan fingerprint density at radius 1 is 1.56 bits per heavy atom. The Morgan fingerprint density at radius 2 is 2.33 bits per heavy atom. The summed E-state index contributed by atoms with van der Waals surface area (Å²) in [6.07, 6.45) is 4.42. The zero-order valence-electron chi connectivity index (χ0n) is 11.5. The Bertz CT molecular complexity index is 323. The van der Waals surface area contributed by atoms with Crippen LogP contribution in [0.5, 0.6) is 0 Å². The minimum atomic E-state index is -0.253. The molecule has 0 aromatic carbocycles. The molecule has 0 radical (unpaired) electrons. The van der Waals surface area contributed by atoms with Crippen LogP contribution in [0.1, 0.15) is 38.0 Å². The fraction of sp³-hybridized carbons (Fsp3) is 0.600. The van der Waals surface area contributed by atoms with Crippen LogP contribution in [0, 0.1) is 0 Å². The van der Waals surface area contributed by atoms with Gasteiger partial charge in [0.1, 0.15) is 0 Å². The topological polar surface area (TPSA) is 23.5 Å². The highest BCUT2D eigenvalue weighted by Gasteiger charge is 2.16. The van der Waals surface area contributed by atoms with Gasteiger partial charge >= 0.3 is 0 Å². The second-order valence-electron chi connectivity index (χ2n) is 4.79. The van der Waals surface area contributed by atoms with Gasteiger partial charge in [0.05, 0.1) is 6.10 Å². The molecule has 1 aromatic heterocycles. The first-order valence-corrected chi connectivity index (χ1v) is 7.60. The van der Waals surface area contributed by atoms with E-state index in [-0.39, 0.29) is 6.10 Å². The van der Waals surface area contributed by atoms with Crippen molar-refractivity contribution in [3.05, 3.63) is 35.0 Å². The van der Waals surface area contributed by atoms with E-state index in [4.69, 9.17) is 0 Å². The van der Waals surface area contributed by atoms with Crippen LogP contribution >= 0.6 is 11.3 Å². The van der Waals surface area contributed by atoms with Gasteiger partial charge in [-0.2, -0.15) is 0 Å². The molecule has 0 bridgehead atoms. The van der Waals surface area contributed by atoms with Gasteiger partial charge in [-0.25, -0.2) is 0 Å². The number of allylic oxidation sites excluding steroid dienone is 1. The van der Waals surface area contributed by atoms with Crippen LogP contribution in [0.4, 0.5) is 0 Å². The standard InChI is InChI=1S/C15H25NOS/c1-4-6-8-14(17)11-16(13(3)5-2)12-15-9-7-10-18-15/h4,7,9-10,13-14,17H,1,5-6,8,11-12H2,2-3H3. The molecule has 1 aromatic rings. The summed E-state index contributed by atoms with van der Waals surface area (Å²) in [5.41, 5.74) is 0. The molecular formula is C15H25NOS. The fourth-order valence-electron chi connectivity index (χ4n) is 1.93. The minimum Gasteiger partial charge on any atom is -0.392 e. The molecule has 2 atom stereocenters. The van der Waals surface area contributed by atoms with Gasteiger partial charge in [0, 0.05) is 24.0 Å². The van der Waals surface area contributed by atoms with Crippen molar-refractivity contribution in [2.75, 3.05) is 6.54 Å². The van der Waals surface area contributed by atoms with Crippen molar-refractivity contribution in [1.82, 2.24) is 4.90 Å². The average Bonchev–Trinajstić information content (AvgIpc) is 2.87. The molecular weight excluding hydrogens is 242 g/mol. The SMILES string of the molecule is C=CCCC(O)CN(Cc1cccs1)C(C)CC. The van der Waals surface area contributed by atoms with E-state index < -0.39 is 0 Å². The second-order valence-corrected chi connectivity index (χ2v) is 5.82. The molecule has 0 aliphatic heterocycles. The molecule has 0 aliphatic rings. The van der Waals surface area contributed by atoms with Crippen LogP contribution in [-0.4, -0.2) is 28.7 Å². The molecule has 0 spiro atoms. The Labute approximate surface area is 115 Å². The normalized spacial score (nSPS) is 14.7. The van der Waals surface area contributed by atoms with Crippen molar-refractivity contribution in [2.45, 2.75) is 51.8 Å². The van der Waals surface area contributed by atoms with E-state index in [0.717, 1.165) is 32.4 Å².